The van der Waals surface area contributed by atoms with E-state index in [4.69, 9.17) is 0 Å². The topological polar surface area (TPSA) is 12.0 Å². The molecule has 0 aromatic carbocycles. The van der Waals surface area contributed by atoms with Crippen LogP contribution >= 0.6 is 0 Å². The van der Waals surface area contributed by atoms with Crippen molar-refractivity contribution in [3.63, 3.8) is 0 Å². The fourth-order valence-corrected chi connectivity index (χ4v) is 1.43. The smallest absolute Gasteiger partial charge is 0.00115 e. The molecule has 0 aromatic rings. The number of allylic oxidation sites excluding steroid dienone is 2. The van der Waals surface area contributed by atoms with Gasteiger partial charge in [-0.05, 0) is 39.3 Å². The van der Waals surface area contributed by atoms with E-state index in [9.17, 15) is 0 Å². The van der Waals surface area contributed by atoms with Gasteiger partial charge >= 0.3 is 0 Å². The maximum absolute atomic E-state index is 3.88. The van der Waals surface area contributed by atoms with Crippen molar-refractivity contribution in [2.24, 2.45) is 0 Å². The van der Waals surface area contributed by atoms with E-state index in [2.05, 4.69) is 24.9 Å². The van der Waals surface area contributed by atoms with Crippen LogP contribution in [-0.2, 0) is 0 Å². The van der Waals surface area contributed by atoms with Crippen LogP contribution in [0.1, 0.15) is 26.2 Å². The third-order valence-corrected chi connectivity index (χ3v) is 1.92. The second kappa shape index (κ2) is 4.35. The SMILES string of the molecule is C=C(C)/C=C1/CCCNCC1. The highest BCUT2D eigenvalue weighted by atomic mass is 14.8. The van der Waals surface area contributed by atoms with Crippen LogP contribution in [0.3, 0.4) is 0 Å². The molecule has 0 bridgehead atoms. The lowest BCUT2D eigenvalue weighted by molar-refractivity contribution is 0.703. The normalized spacial score (nSPS) is 23.2. The van der Waals surface area contributed by atoms with Crippen molar-refractivity contribution in [2.45, 2.75) is 26.2 Å². The molecule has 1 aliphatic heterocycles. The van der Waals surface area contributed by atoms with Crippen LogP contribution in [0.5, 0.6) is 0 Å². The standard InChI is InChI=1S/C10H17N/c1-9(2)8-10-4-3-6-11-7-5-10/h8,11H,1,3-7H2,2H3/b10-8-. The molecule has 0 radical (unpaired) electrons. The molecule has 62 valence electrons. The van der Waals surface area contributed by atoms with Crippen LogP contribution in [-0.4, -0.2) is 13.1 Å². The Bertz CT molecular complexity index is 158. The molecule has 1 nitrogen and oxygen atoms in total. The average Bonchev–Trinajstić information content (AvgIpc) is 2.14. The van der Waals surface area contributed by atoms with E-state index >= 15 is 0 Å². The van der Waals surface area contributed by atoms with Gasteiger partial charge in [0.05, 0.1) is 0 Å². The van der Waals surface area contributed by atoms with Gasteiger partial charge in [0, 0.05) is 0 Å². The second-order valence-corrected chi connectivity index (χ2v) is 3.25. The largest absolute Gasteiger partial charge is 0.316 e. The lowest BCUT2D eigenvalue weighted by Gasteiger charge is -2.00. The summed E-state index contributed by atoms with van der Waals surface area (Å²) in [6.45, 7) is 8.26. The Balaban J connectivity index is 2.48. The minimum atomic E-state index is 1.14. The first-order chi connectivity index (χ1) is 5.29. The maximum atomic E-state index is 3.88. The van der Waals surface area contributed by atoms with E-state index in [1.165, 1.54) is 31.4 Å². The zero-order valence-electron chi connectivity index (χ0n) is 7.32. The molecular formula is C10H17N. The molecular weight excluding hydrogens is 134 g/mol. The minimum Gasteiger partial charge on any atom is -0.316 e. The van der Waals surface area contributed by atoms with Gasteiger partial charge in [0.15, 0.2) is 0 Å². The Morgan fingerprint density at radius 2 is 2.27 bits per heavy atom. The first-order valence-corrected chi connectivity index (χ1v) is 4.35. The molecule has 0 aromatic heterocycles. The van der Waals surface area contributed by atoms with Crippen molar-refractivity contribution in [1.82, 2.24) is 5.32 Å². The Kier molecular flexibility index (Phi) is 3.37. The van der Waals surface area contributed by atoms with Crippen LogP contribution < -0.4 is 5.32 Å². The maximum Gasteiger partial charge on any atom is -0.00115 e. The zero-order chi connectivity index (χ0) is 8.10. The first-order valence-electron chi connectivity index (χ1n) is 4.35. The third kappa shape index (κ3) is 3.38. The highest BCUT2D eigenvalue weighted by Gasteiger charge is 2.02. The number of hydrogen-bond donors (Lipinski definition) is 1. The van der Waals surface area contributed by atoms with Crippen molar-refractivity contribution in [3.05, 3.63) is 23.8 Å². The molecule has 0 atom stereocenters. The van der Waals surface area contributed by atoms with Crippen molar-refractivity contribution in [2.75, 3.05) is 13.1 Å². The van der Waals surface area contributed by atoms with Crippen molar-refractivity contribution in [3.8, 4) is 0 Å². The quantitative estimate of drug-likeness (QED) is 0.606. The van der Waals surface area contributed by atoms with Crippen LogP contribution in [0.4, 0.5) is 0 Å². The van der Waals surface area contributed by atoms with E-state index < -0.39 is 0 Å². The Hall–Kier alpha value is -0.560. The summed E-state index contributed by atoms with van der Waals surface area (Å²) in [4.78, 5) is 0. The van der Waals surface area contributed by atoms with Crippen LogP contribution in [0.2, 0.25) is 0 Å². The van der Waals surface area contributed by atoms with Crippen molar-refractivity contribution >= 4 is 0 Å². The summed E-state index contributed by atoms with van der Waals surface area (Å²) < 4.78 is 0. The minimum absolute atomic E-state index is 1.14. The molecule has 1 N–H and O–H groups in total. The molecule has 11 heavy (non-hydrogen) atoms. The van der Waals surface area contributed by atoms with Gasteiger partial charge in [-0.3, -0.25) is 0 Å². The van der Waals surface area contributed by atoms with E-state index in [1.807, 2.05) is 0 Å². The van der Waals surface area contributed by atoms with Gasteiger partial charge in [-0.2, -0.15) is 0 Å². The Morgan fingerprint density at radius 1 is 1.45 bits per heavy atom. The van der Waals surface area contributed by atoms with Gasteiger partial charge in [0.2, 0.25) is 0 Å². The molecule has 1 heterocycles. The predicted molar refractivity (Wildman–Crippen MR) is 49.6 cm³/mol. The van der Waals surface area contributed by atoms with Crippen molar-refractivity contribution in [1.29, 1.82) is 0 Å². The average molecular weight is 151 g/mol. The molecule has 0 spiro atoms. The first kappa shape index (κ1) is 8.54. The highest BCUT2D eigenvalue weighted by Crippen LogP contribution is 2.13. The molecule has 1 fully saturated rings. The van der Waals surface area contributed by atoms with E-state index in [1.54, 1.807) is 5.57 Å². The third-order valence-electron chi connectivity index (χ3n) is 1.92. The number of rotatable bonds is 1. The van der Waals surface area contributed by atoms with E-state index in [-0.39, 0.29) is 0 Å². The van der Waals surface area contributed by atoms with Gasteiger partial charge in [0.1, 0.15) is 0 Å². The second-order valence-electron chi connectivity index (χ2n) is 3.25. The zero-order valence-corrected chi connectivity index (χ0v) is 7.32. The summed E-state index contributed by atoms with van der Waals surface area (Å²) in [6, 6.07) is 0. The molecule has 1 heteroatoms. The van der Waals surface area contributed by atoms with Gasteiger partial charge in [-0.1, -0.05) is 23.8 Å². The summed E-state index contributed by atoms with van der Waals surface area (Å²) in [5.74, 6) is 0. The van der Waals surface area contributed by atoms with Gasteiger partial charge in [-0.25, -0.2) is 0 Å². The van der Waals surface area contributed by atoms with Gasteiger partial charge in [-0.15, -0.1) is 0 Å². The van der Waals surface area contributed by atoms with E-state index in [0.717, 1.165) is 6.54 Å². The fraction of sp³-hybridized carbons (Fsp3) is 0.600. The van der Waals surface area contributed by atoms with Gasteiger partial charge in [0.25, 0.3) is 0 Å². The molecule has 1 aliphatic rings. The molecule has 0 saturated carbocycles. The van der Waals surface area contributed by atoms with Crippen LogP contribution in [0.25, 0.3) is 0 Å². The molecule has 0 amide bonds. The number of hydrogen-bond acceptors (Lipinski definition) is 1. The molecule has 1 saturated heterocycles. The van der Waals surface area contributed by atoms with Crippen LogP contribution in [0.15, 0.2) is 23.8 Å². The summed E-state index contributed by atoms with van der Waals surface area (Å²) in [7, 11) is 0. The highest BCUT2D eigenvalue weighted by molar-refractivity contribution is 5.19. The molecule has 1 rings (SSSR count). The summed E-state index contributed by atoms with van der Waals surface area (Å²) in [5, 5.41) is 3.38. The fourth-order valence-electron chi connectivity index (χ4n) is 1.43. The Morgan fingerprint density at radius 3 is 3.00 bits per heavy atom. The summed E-state index contributed by atoms with van der Waals surface area (Å²) >= 11 is 0. The van der Waals surface area contributed by atoms with Crippen LogP contribution in [0, 0.1) is 0 Å². The molecule has 0 unspecified atom stereocenters. The lowest BCUT2D eigenvalue weighted by Crippen LogP contribution is -2.13. The summed E-state index contributed by atoms with van der Waals surface area (Å²) in [6.07, 6.45) is 5.96. The summed E-state index contributed by atoms with van der Waals surface area (Å²) in [5.41, 5.74) is 2.74. The van der Waals surface area contributed by atoms with Gasteiger partial charge < -0.3 is 5.32 Å². The molecule has 0 aliphatic carbocycles. The van der Waals surface area contributed by atoms with Crippen molar-refractivity contribution < 1.29 is 0 Å². The van der Waals surface area contributed by atoms with E-state index in [0.29, 0.717) is 0 Å². The Labute approximate surface area is 69.2 Å². The lowest BCUT2D eigenvalue weighted by atomic mass is 10.1. The monoisotopic (exact) mass is 151 g/mol. The number of nitrogens with one attached hydrogen (secondary N) is 1. The predicted octanol–water partition coefficient (Wildman–Crippen LogP) is 2.26.